The third-order valence-electron chi connectivity index (χ3n) is 5.57. The van der Waals surface area contributed by atoms with Gasteiger partial charge in [0.25, 0.3) is 0 Å². The van der Waals surface area contributed by atoms with Gasteiger partial charge in [-0.25, -0.2) is 4.98 Å². The number of carbonyl (C=O) groups excluding carboxylic acids is 1. The van der Waals surface area contributed by atoms with Gasteiger partial charge in [-0.3, -0.25) is 9.78 Å². The van der Waals surface area contributed by atoms with E-state index in [1.807, 2.05) is 41.9 Å². The maximum Gasteiger partial charge on any atom is 0.228 e. The summed E-state index contributed by atoms with van der Waals surface area (Å²) in [6, 6.07) is 13.4. The molecule has 2 heterocycles. The van der Waals surface area contributed by atoms with Gasteiger partial charge in [0, 0.05) is 35.4 Å². The number of rotatable bonds is 9. The van der Waals surface area contributed by atoms with Crippen LogP contribution in [-0.4, -0.2) is 37.2 Å². The zero-order valence-corrected chi connectivity index (χ0v) is 20.9. The Labute approximate surface area is 208 Å². The lowest BCUT2D eigenvalue weighted by Gasteiger charge is -2.14. The van der Waals surface area contributed by atoms with Crippen molar-refractivity contribution in [3.05, 3.63) is 81.9 Å². The van der Waals surface area contributed by atoms with E-state index in [2.05, 4.69) is 17.2 Å². The predicted octanol–water partition coefficient (Wildman–Crippen LogP) is 5.31. The molecule has 4 aromatic rings. The number of ether oxygens (including phenoxy) is 3. The first-order valence-electron chi connectivity index (χ1n) is 11.0. The van der Waals surface area contributed by atoms with Gasteiger partial charge in [0.2, 0.25) is 11.7 Å². The van der Waals surface area contributed by atoms with E-state index in [1.54, 1.807) is 51.0 Å². The number of aromatic nitrogens is 2. The molecule has 0 radical (unpaired) electrons. The van der Waals surface area contributed by atoms with Crippen molar-refractivity contribution in [2.45, 2.75) is 19.8 Å². The van der Waals surface area contributed by atoms with E-state index in [9.17, 15) is 4.79 Å². The number of thiazole rings is 1. The Morgan fingerprint density at radius 2 is 1.80 bits per heavy atom. The Bertz CT molecular complexity index is 1300. The van der Waals surface area contributed by atoms with Crippen LogP contribution in [0.2, 0.25) is 0 Å². The summed E-state index contributed by atoms with van der Waals surface area (Å²) in [4.78, 5) is 21.7. The fraction of sp³-hybridized carbons (Fsp3) is 0.222. The minimum atomic E-state index is -0.137. The van der Waals surface area contributed by atoms with Crippen LogP contribution in [0.5, 0.6) is 17.2 Å². The molecule has 0 unspecified atom stereocenters. The molecule has 1 amide bonds. The van der Waals surface area contributed by atoms with Crippen molar-refractivity contribution in [2.75, 3.05) is 26.6 Å². The van der Waals surface area contributed by atoms with Gasteiger partial charge in [0.1, 0.15) is 0 Å². The molecule has 0 saturated heterocycles. The van der Waals surface area contributed by atoms with Crippen LogP contribution in [0, 0.1) is 6.92 Å². The summed E-state index contributed by atoms with van der Waals surface area (Å²) in [5.74, 6) is 1.39. The molecule has 0 aliphatic rings. The lowest BCUT2D eigenvalue weighted by Crippen LogP contribution is -2.15. The smallest absolute Gasteiger partial charge is 0.228 e. The zero-order valence-electron chi connectivity index (χ0n) is 20.1. The van der Waals surface area contributed by atoms with Crippen molar-refractivity contribution in [1.82, 2.24) is 9.97 Å². The van der Waals surface area contributed by atoms with Gasteiger partial charge in [-0.1, -0.05) is 6.07 Å². The molecule has 1 N–H and O–H groups in total. The Morgan fingerprint density at radius 1 is 1.03 bits per heavy atom. The van der Waals surface area contributed by atoms with Crippen LogP contribution in [0.25, 0.3) is 11.3 Å². The molecule has 0 spiro atoms. The first-order chi connectivity index (χ1) is 17.0. The van der Waals surface area contributed by atoms with Crippen molar-refractivity contribution < 1.29 is 19.0 Å². The molecule has 0 fully saturated rings. The molecular formula is C27H27N3O4S. The van der Waals surface area contributed by atoms with Crippen molar-refractivity contribution in [2.24, 2.45) is 0 Å². The van der Waals surface area contributed by atoms with Gasteiger partial charge in [-0.15, -0.1) is 11.3 Å². The second kappa shape index (κ2) is 11.0. The minimum absolute atomic E-state index is 0.137. The number of hydrogen-bond donors (Lipinski definition) is 1. The van der Waals surface area contributed by atoms with E-state index >= 15 is 0 Å². The van der Waals surface area contributed by atoms with Crippen molar-refractivity contribution in [3.8, 4) is 28.5 Å². The molecule has 2 aromatic carbocycles. The standard InChI is InChI=1S/C27H27N3O4S/c1-17-7-8-21(13-20(17)14-26-30-22(16-35-26)19-6-5-9-28-15-19)29-25(31)12-18-10-23(32-2)27(34-4)24(11-18)33-3/h5-11,13,15-16H,12,14H2,1-4H3,(H,29,31). The van der Waals surface area contributed by atoms with E-state index in [0.717, 1.165) is 38.6 Å². The molecular weight excluding hydrogens is 462 g/mol. The average Bonchev–Trinajstić information content (AvgIpc) is 3.34. The topological polar surface area (TPSA) is 82.6 Å². The fourth-order valence-corrected chi connectivity index (χ4v) is 4.60. The number of hydrogen-bond acceptors (Lipinski definition) is 7. The highest BCUT2D eigenvalue weighted by Crippen LogP contribution is 2.38. The van der Waals surface area contributed by atoms with Crippen LogP contribution in [0.15, 0.2) is 60.2 Å². The molecule has 180 valence electrons. The third-order valence-corrected chi connectivity index (χ3v) is 6.42. The second-order valence-corrected chi connectivity index (χ2v) is 8.89. The van der Waals surface area contributed by atoms with Gasteiger partial charge in [-0.2, -0.15) is 0 Å². The molecule has 35 heavy (non-hydrogen) atoms. The number of methoxy groups -OCH3 is 3. The van der Waals surface area contributed by atoms with Crippen LogP contribution in [-0.2, 0) is 17.6 Å². The first-order valence-corrected chi connectivity index (χ1v) is 11.9. The number of aryl methyl sites for hydroxylation is 1. The first kappa shape index (κ1) is 24.2. The molecule has 7 nitrogen and oxygen atoms in total. The van der Waals surface area contributed by atoms with Gasteiger partial charge >= 0.3 is 0 Å². The van der Waals surface area contributed by atoms with Crippen LogP contribution in [0.1, 0.15) is 21.7 Å². The summed E-state index contributed by atoms with van der Waals surface area (Å²) in [5, 5.41) is 6.05. The predicted molar refractivity (Wildman–Crippen MR) is 138 cm³/mol. The summed E-state index contributed by atoms with van der Waals surface area (Å²) in [5.41, 5.74) is 5.68. The monoisotopic (exact) mass is 489 g/mol. The van der Waals surface area contributed by atoms with Crippen LogP contribution >= 0.6 is 11.3 Å². The maximum absolute atomic E-state index is 12.8. The molecule has 0 aliphatic carbocycles. The maximum atomic E-state index is 12.8. The van der Waals surface area contributed by atoms with E-state index < -0.39 is 0 Å². The molecule has 2 aromatic heterocycles. The number of carbonyl (C=O) groups is 1. The summed E-state index contributed by atoms with van der Waals surface area (Å²) < 4.78 is 16.1. The molecule has 4 rings (SSSR count). The lowest BCUT2D eigenvalue weighted by molar-refractivity contribution is -0.115. The fourth-order valence-electron chi connectivity index (χ4n) is 3.77. The van der Waals surface area contributed by atoms with Crippen LogP contribution in [0.4, 0.5) is 5.69 Å². The van der Waals surface area contributed by atoms with Gasteiger partial charge in [0.05, 0.1) is 38.5 Å². The second-order valence-electron chi connectivity index (χ2n) is 7.94. The molecule has 0 atom stereocenters. The number of benzene rings is 2. The molecule has 0 saturated carbocycles. The summed E-state index contributed by atoms with van der Waals surface area (Å²) in [6.07, 6.45) is 4.42. The Kier molecular flexibility index (Phi) is 7.62. The van der Waals surface area contributed by atoms with Crippen molar-refractivity contribution in [1.29, 1.82) is 0 Å². The zero-order chi connectivity index (χ0) is 24.8. The van der Waals surface area contributed by atoms with Gasteiger partial charge in [0.15, 0.2) is 11.5 Å². The van der Waals surface area contributed by atoms with Gasteiger partial charge in [-0.05, 0) is 60.0 Å². The van der Waals surface area contributed by atoms with Crippen molar-refractivity contribution >= 4 is 22.9 Å². The third kappa shape index (κ3) is 5.78. The van der Waals surface area contributed by atoms with Gasteiger partial charge < -0.3 is 19.5 Å². The Balaban J connectivity index is 1.47. The highest BCUT2D eigenvalue weighted by molar-refractivity contribution is 7.10. The summed E-state index contributed by atoms with van der Waals surface area (Å²) in [6.45, 7) is 2.06. The van der Waals surface area contributed by atoms with E-state index in [4.69, 9.17) is 19.2 Å². The Morgan fingerprint density at radius 3 is 2.46 bits per heavy atom. The van der Waals surface area contributed by atoms with Crippen LogP contribution < -0.4 is 19.5 Å². The summed E-state index contributed by atoms with van der Waals surface area (Å²) >= 11 is 1.62. The minimum Gasteiger partial charge on any atom is -0.493 e. The number of anilines is 1. The van der Waals surface area contributed by atoms with Crippen LogP contribution in [0.3, 0.4) is 0 Å². The van der Waals surface area contributed by atoms with E-state index in [-0.39, 0.29) is 12.3 Å². The molecule has 8 heteroatoms. The largest absolute Gasteiger partial charge is 0.493 e. The quantitative estimate of drug-likeness (QED) is 0.343. The number of nitrogens with one attached hydrogen (secondary N) is 1. The Hall–Kier alpha value is -3.91. The molecule has 0 aliphatic heterocycles. The lowest BCUT2D eigenvalue weighted by atomic mass is 10.0. The highest BCUT2D eigenvalue weighted by atomic mass is 32.1. The summed E-state index contributed by atoms with van der Waals surface area (Å²) in [7, 11) is 4.65. The SMILES string of the molecule is COc1cc(CC(=O)Nc2ccc(C)c(Cc3nc(-c4cccnc4)cs3)c2)cc(OC)c1OC. The highest BCUT2D eigenvalue weighted by Gasteiger charge is 2.15. The van der Waals surface area contributed by atoms with Crippen molar-refractivity contribution in [3.63, 3.8) is 0 Å². The van der Waals surface area contributed by atoms with E-state index in [1.165, 1.54) is 0 Å². The molecule has 0 bridgehead atoms. The number of nitrogens with zero attached hydrogens (tertiary/aromatic N) is 2. The average molecular weight is 490 g/mol. The normalized spacial score (nSPS) is 10.6. The number of pyridine rings is 1. The number of amides is 1. The van der Waals surface area contributed by atoms with E-state index in [0.29, 0.717) is 23.7 Å².